The lowest BCUT2D eigenvalue weighted by atomic mass is 10.0. The molecule has 0 aromatic carbocycles. The minimum atomic E-state index is -0.519. The van der Waals surface area contributed by atoms with E-state index in [1.54, 1.807) is 0 Å². The first kappa shape index (κ1) is 16.9. The summed E-state index contributed by atoms with van der Waals surface area (Å²) in [5.74, 6) is -1.26. The molecule has 114 valence electrons. The maximum atomic E-state index is 10.9. The number of hydrogen-bond donors (Lipinski definition) is 0. The van der Waals surface area contributed by atoms with Crippen molar-refractivity contribution >= 4 is 11.9 Å². The molecule has 0 saturated carbocycles. The summed E-state index contributed by atoms with van der Waals surface area (Å²) in [6.07, 6.45) is 17.6. The van der Waals surface area contributed by atoms with Crippen LogP contribution in [0.15, 0.2) is 12.2 Å². The van der Waals surface area contributed by atoms with Crippen LogP contribution in [0.25, 0.3) is 0 Å². The van der Waals surface area contributed by atoms with Crippen LogP contribution in [0, 0.1) is 5.92 Å². The lowest BCUT2D eigenvalue weighted by Gasteiger charge is -2.19. The van der Waals surface area contributed by atoms with E-state index in [0.29, 0.717) is 6.42 Å². The molecule has 3 nitrogen and oxygen atoms in total. The molecule has 0 unspecified atom stereocenters. The molecule has 20 heavy (non-hydrogen) atoms. The number of cyclic esters (lactones) is 2. The number of hydrogen-bond acceptors (Lipinski definition) is 3. The van der Waals surface area contributed by atoms with E-state index in [0.717, 1.165) is 6.42 Å². The second kappa shape index (κ2) is 10.6. The summed E-state index contributed by atoms with van der Waals surface area (Å²) in [5, 5.41) is 0. The molecule has 0 aromatic rings. The van der Waals surface area contributed by atoms with Crippen LogP contribution >= 0.6 is 0 Å². The Morgan fingerprint density at radius 2 is 1.40 bits per heavy atom. The average Bonchev–Trinajstić information content (AvgIpc) is 2.44. The Bertz CT molecular complexity index is 306. The first-order chi connectivity index (χ1) is 9.75. The molecule has 0 bridgehead atoms. The van der Waals surface area contributed by atoms with Gasteiger partial charge in [0.25, 0.3) is 0 Å². The first-order valence-electron chi connectivity index (χ1n) is 8.16. The number of carbonyl (C=O) groups excluding carboxylic acids is 2. The van der Waals surface area contributed by atoms with Gasteiger partial charge >= 0.3 is 11.9 Å². The van der Waals surface area contributed by atoms with Crippen molar-refractivity contribution in [2.75, 3.05) is 0 Å². The van der Waals surface area contributed by atoms with Crippen molar-refractivity contribution in [2.24, 2.45) is 5.92 Å². The average molecular weight is 280 g/mol. The molecule has 1 aliphatic rings. The molecule has 0 N–H and O–H groups in total. The highest BCUT2D eigenvalue weighted by atomic mass is 16.6. The van der Waals surface area contributed by atoms with E-state index in [4.69, 9.17) is 0 Å². The molecule has 1 fully saturated rings. The van der Waals surface area contributed by atoms with E-state index >= 15 is 0 Å². The zero-order valence-electron chi connectivity index (χ0n) is 12.7. The van der Waals surface area contributed by atoms with Crippen LogP contribution in [0.1, 0.15) is 77.6 Å². The van der Waals surface area contributed by atoms with Gasteiger partial charge in [0, 0.05) is 0 Å². The number of carbonyl (C=O) groups is 2. The number of esters is 2. The van der Waals surface area contributed by atoms with Crippen LogP contribution in [0.2, 0.25) is 0 Å². The zero-order valence-corrected chi connectivity index (χ0v) is 12.7. The summed E-state index contributed by atoms with van der Waals surface area (Å²) in [5.41, 5.74) is 0. The van der Waals surface area contributed by atoms with Gasteiger partial charge in [0.05, 0.1) is 0 Å². The third-order valence-corrected chi connectivity index (χ3v) is 3.78. The smallest absolute Gasteiger partial charge is 0.328 e. The van der Waals surface area contributed by atoms with Crippen LogP contribution in [0.4, 0.5) is 0 Å². The Morgan fingerprint density at radius 1 is 0.850 bits per heavy atom. The van der Waals surface area contributed by atoms with Crippen molar-refractivity contribution in [3.05, 3.63) is 12.2 Å². The molecule has 1 saturated heterocycles. The number of rotatable bonds is 12. The lowest BCUT2D eigenvalue weighted by Crippen LogP contribution is -2.40. The Kier molecular flexibility index (Phi) is 9.01. The molecule has 0 radical (unpaired) electrons. The topological polar surface area (TPSA) is 43.4 Å². The SMILES string of the molecule is CCCCCCCCCCC/C=C\CC1C(=O)OC1=O. The van der Waals surface area contributed by atoms with Crippen LogP contribution in [0.5, 0.6) is 0 Å². The summed E-state index contributed by atoms with van der Waals surface area (Å²) < 4.78 is 4.30. The summed E-state index contributed by atoms with van der Waals surface area (Å²) in [6.45, 7) is 2.25. The van der Waals surface area contributed by atoms with Gasteiger partial charge in [-0.1, -0.05) is 70.4 Å². The predicted molar refractivity (Wildman–Crippen MR) is 80.2 cm³/mol. The highest BCUT2D eigenvalue weighted by molar-refractivity contribution is 6.09. The Hall–Kier alpha value is -1.12. The summed E-state index contributed by atoms with van der Waals surface area (Å²) in [7, 11) is 0. The van der Waals surface area contributed by atoms with Crippen LogP contribution in [0.3, 0.4) is 0 Å². The molecular weight excluding hydrogens is 252 g/mol. The van der Waals surface area contributed by atoms with Gasteiger partial charge in [-0.3, -0.25) is 9.59 Å². The number of unbranched alkanes of at least 4 members (excludes halogenated alkanes) is 9. The van der Waals surface area contributed by atoms with Gasteiger partial charge in [-0.05, 0) is 19.3 Å². The summed E-state index contributed by atoms with van der Waals surface area (Å²) in [6, 6.07) is 0. The molecule has 0 amide bonds. The minimum absolute atomic E-state index is 0.372. The third kappa shape index (κ3) is 6.88. The first-order valence-corrected chi connectivity index (χ1v) is 8.16. The Morgan fingerprint density at radius 3 is 1.95 bits per heavy atom. The van der Waals surface area contributed by atoms with E-state index < -0.39 is 5.92 Å². The van der Waals surface area contributed by atoms with Gasteiger partial charge in [-0.2, -0.15) is 0 Å². The number of allylic oxidation sites excluding steroid dienone is 2. The lowest BCUT2D eigenvalue weighted by molar-refractivity contribution is -0.183. The van der Waals surface area contributed by atoms with E-state index in [2.05, 4.69) is 17.7 Å². The molecule has 0 atom stereocenters. The highest BCUT2D eigenvalue weighted by Gasteiger charge is 2.40. The Balaban J connectivity index is 1.82. The summed E-state index contributed by atoms with van der Waals surface area (Å²) in [4.78, 5) is 21.8. The molecular formula is C17H28O3. The Labute approximate surface area is 122 Å². The van der Waals surface area contributed by atoms with Crippen molar-refractivity contribution < 1.29 is 14.3 Å². The quantitative estimate of drug-likeness (QED) is 0.228. The maximum absolute atomic E-state index is 10.9. The second-order valence-electron chi connectivity index (χ2n) is 5.62. The fourth-order valence-corrected chi connectivity index (χ4v) is 2.40. The zero-order chi connectivity index (χ0) is 14.6. The van der Waals surface area contributed by atoms with Gasteiger partial charge in [0.2, 0.25) is 0 Å². The molecule has 1 rings (SSSR count). The van der Waals surface area contributed by atoms with Crippen molar-refractivity contribution in [1.29, 1.82) is 0 Å². The largest absolute Gasteiger partial charge is 0.392 e. The highest BCUT2D eigenvalue weighted by Crippen LogP contribution is 2.19. The monoisotopic (exact) mass is 280 g/mol. The fourth-order valence-electron chi connectivity index (χ4n) is 2.40. The van der Waals surface area contributed by atoms with E-state index in [9.17, 15) is 9.59 Å². The van der Waals surface area contributed by atoms with Crippen LogP contribution in [-0.4, -0.2) is 11.9 Å². The van der Waals surface area contributed by atoms with Gasteiger partial charge < -0.3 is 4.74 Å². The van der Waals surface area contributed by atoms with E-state index in [1.807, 2.05) is 6.08 Å². The van der Waals surface area contributed by atoms with E-state index in [-0.39, 0.29) is 11.9 Å². The van der Waals surface area contributed by atoms with Gasteiger partial charge in [-0.15, -0.1) is 0 Å². The fraction of sp³-hybridized carbons (Fsp3) is 0.765. The minimum Gasteiger partial charge on any atom is -0.392 e. The van der Waals surface area contributed by atoms with Gasteiger partial charge in [0.15, 0.2) is 5.92 Å². The van der Waals surface area contributed by atoms with Crippen LogP contribution < -0.4 is 0 Å². The molecule has 1 aliphatic heterocycles. The molecule has 0 aliphatic carbocycles. The molecule has 0 spiro atoms. The van der Waals surface area contributed by atoms with E-state index in [1.165, 1.54) is 57.8 Å². The molecule has 3 heteroatoms. The third-order valence-electron chi connectivity index (χ3n) is 3.78. The standard InChI is InChI=1S/C17H28O3/c1-2-3-4-5-6-7-8-9-10-11-12-13-14-15-16(18)20-17(15)19/h12-13,15H,2-11,14H2,1H3/b13-12-. The van der Waals surface area contributed by atoms with Crippen molar-refractivity contribution in [1.82, 2.24) is 0 Å². The van der Waals surface area contributed by atoms with Gasteiger partial charge in [0.1, 0.15) is 0 Å². The van der Waals surface area contributed by atoms with Crippen molar-refractivity contribution in [3.63, 3.8) is 0 Å². The van der Waals surface area contributed by atoms with Crippen molar-refractivity contribution in [3.8, 4) is 0 Å². The predicted octanol–water partition coefficient (Wildman–Crippen LogP) is 4.55. The van der Waals surface area contributed by atoms with Crippen molar-refractivity contribution in [2.45, 2.75) is 77.6 Å². The normalized spacial score (nSPS) is 15.7. The molecule has 1 heterocycles. The maximum Gasteiger partial charge on any atom is 0.328 e. The van der Waals surface area contributed by atoms with Gasteiger partial charge in [-0.25, -0.2) is 0 Å². The summed E-state index contributed by atoms with van der Waals surface area (Å²) >= 11 is 0. The van der Waals surface area contributed by atoms with Crippen LogP contribution in [-0.2, 0) is 14.3 Å². The second-order valence-corrected chi connectivity index (χ2v) is 5.62. The molecule has 0 aromatic heterocycles. The number of ether oxygens (including phenoxy) is 1.